The standard InChI is InChI=1S/C30H35NO5/c1-3-5-9-25(30(34)35-4-2)20-22-12-15-26(16-13-22)36-19-18-31-29(33)27-17-14-24(21-28(27)32)23-10-7-6-8-11-23/h6-8,10-17,21,25,32H,3-5,9,18-20H2,1-2H3,(H,31,33). The molecule has 0 bridgehead atoms. The highest BCUT2D eigenvalue weighted by Gasteiger charge is 2.19. The molecule has 0 heterocycles. The summed E-state index contributed by atoms with van der Waals surface area (Å²) in [6.07, 6.45) is 3.49. The minimum atomic E-state index is -0.358. The summed E-state index contributed by atoms with van der Waals surface area (Å²) in [6, 6.07) is 22.4. The Morgan fingerprint density at radius 1 is 0.944 bits per heavy atom. The van der Waals surface area contributed by atoms with Crippen molar-refractivity contribution < 1.29 is 24.2 Å². The average molecular weight is 490 g/mol. The average Bonchev–Trinajstić information content (AvgIpc) is 2.90. The summed E-state index contributed by atoms with van der Waals surface area (Å²) in [5.74, 6) is -0.00863. The third-order valence-electron chi connectivity index (χ3n) is 5.94. The Balaban J connectivity index is 1.46. The molecule has 0 aromatic heterocycles. The van der Waals surface area contributed by atoms with Crippen molar-refractivity contribution in [2.24, 2.45) is 5.92 Å². The molecule has 1 atom stereocenters. The molecule has 6 heteroatoms. The molecule has 3 aromatic rings. The van der Waals surface area contributed by atoms with Crippen LogP contribution in [0.3, 0.4) is 0 Å². The Kier molecular flexibility index (Phi) is 10.4. The van der Waals surface area contributed by atoms with E-state index in [0.717, 1.165) is 36.0 Å². The third kappa shape index (κ3) is 7.87. The molecule has 0 saturated carbocycles. The molecule has 6 nitrogen and oxygen atoms in total. The molecule has 3 rings (SSSR count). The summed E-state index contributed by atoms with van der Waals surface area (Å²) in [5, 5.41) is 13.1. The maximum Gasteiger partial charge on any atom is 0.309 e. The van der Waals surface area contributed by atoms with Gasteiger partial charge in [0.15, 0.2) is 0 Å². The molecule has 1 unspecified atom stereocenters. The number of rotatable bonds is 13. The maximum atomic E-state index is 12.5. The number of carbonyl (C=O) groups excluding carboxylic acids is 2. The van der Waals surface area contributed by atoms with E-state index >= 15 is 0 Å². The van der Waals surface area contributed by atoms with Gasteiger partial charge in [-0.15, -0.1) is 0 Å². The van der Waals surface area contributed by atoms with Gasteiger partial charge in [0.25, 0.3) is 5.91 Å². The van der Waals surface area contributed by atoms with Gasteiger partial charge in [-0.05, 0) is 60.7 Å². The molecule has 36 heavy (non-hydrogen) atoms. The predicted molar refractivity (Wildman–Crippen MR) is 141 cm³/mol. The van der Waals surface area contributed by atoms with E-state index < -0.39 is 0 Å². The SMILES string of the molecule is CCCCC(Cc1ccc(OCCNC(=O)c2ccc(-c3ccccc3)cc2O)cc1)C(=O)OCC. The van der Waals surface area contributed by atoms with Crippen LogP contribution in [-0.2, 0) is 16.0 Å². The summed E-state index contributed by atoms with van der Waals surface area (Å²) < 4.78 is 11.0. The zero-order valence-corrected chi connectivity index (χ0v) is 21.0. The Labute approximate surface area is 213 Å². The summed E-state index contributed by atoms with van der Waals surface area (Å²) in [5.41, 5.74) is 3.09. The number of amides is 1. The number of phenols is 1. The molecular formula is C30H35NO5. The van der Waals surface area contributed by atoms with Gasteiger partial charge in [0.2, 0.25) is 0 Å². The highest BCUT2D eigenvalue weighted by Crippen LogP contribution is 2.26. The van der Waals surface area contributed by atoms with Crippen molar-refractivity contribution in [1.29, 1.82) is 0 Å². The van der Waals surface area contributed by atoms with Crippen LogP contribution in [0, 0.1) is 5.92 Å². The van der Waals surface area contributed by atoms with Gasteiger partial charge < -0.3 is 19.9 Å². The van der Waals surface area contributed by atoms with E-state index in [1.807, 2.05) is 67.6 Å². The fraction of sp³-hybridized carbons (Fsp3) is 0.333. The van der Waals surface area contributed by atoms with Crippen molar-refractivity contribution in [3.05, 3.63) is 83.9 Å². The van der Waals surface area contributed by atoms with Crippen LogP contribution in [0.15, 0.2) is 72.8 Å². The number of aromatic hydroxyl groups is 1. The van der Waals surface area contributed by atoms with E-state index in [4.69, 9.17) is 9.47 Å². The number of hydrogen-bond acceptors (Lipinski definition) is 5. The molecule has 0 aliphatic carbocycles. The van der Waals surface area contributed by atoms with Gasteiger partial charge in [0, 0.05) is 0 Å². The number of esters is 1. The van der Waals surface area contributed by atoms with Crippen LogP contribution >= 0.6 is 0 Å². The van der Waals surface area contributed by atoms with Crippen molar-refractivity contribution in [3.63, 3.8) is 0 Å². The smallest absolute Gasteiger partial charge is 0.309 e. The van der Waals surface area contributed by atoms with Gasteiger partial charge in [-0.25, -0.2) is 0 Å². The molecule has 0 saturated heterocycles. The lowest BCUT2D eigenvalue weighted by molar-refractivity contribution is -0.148. The molecule has 0 radical (unpaired) electrons. The lowest BCUT2D eigenvalue weighted by Crippen LogP contribution is -2.28. The Hall–Kier alpha value is -3.80. The largest absolute Gasteiger partial charge is 0.507 e. The van der Waals surface area contributed by atoms with E-state index in [9.17, 15) is 14.7 Å². The van der Waals surface area contributed by atoms with Gasteiger partial charge in [-0.1, -0.05) is 68.3 Å². The lowest BCUT2D eigenvalue weighted by Gasteiger charge is -2.15. The second-order valence-corrected chi connectivity index (χ2v) is 8.64. The Morgan fingerprint density at radius 2 is 1.69 bits per heavy atom. The van der Waals surface area contributed by atoms with E-state index in [2.05, 4.69) is 12.2 Å². The fourth-order valence-corrected chi connectivity index (χ4v) is 3.98. The molecule has 1 amide bonds. The van der Waals surface area contributed by atoms with Crippen molar-refractivity contribution in [3.8, 4) is 22.6 Å². The topological polar surface area (TPSA) is 84.9 Å². The number of unbranched alkanes of at least 4 members (excludes halogenated alkanes) is 1. The Bertz CT molecular complexity index is 1110. The molecule has 0 aliphatic rings. The minimum Gasteiger partial charge on any atom is -0.507 e. The van der Waals surface area contributed by atoms with Gasteiger partial charge in [-0.2, -0.15) is 0 Å². The third-order valence-corrected chi connectivity index (χ3v) is 5.94. The molecule has 0 spiro atoms. The summed E-state index contributed by atoms with van der Waals surface area (Å²) in [7, 11) is 0. The van der Waals surface area contributed by atoms with Gasteiger partial charge in [0.05, 0.1) is 24.6 Å². The zero-order chi connectivity index (χ0) is 25.8. The van der Waals surface area contributed by atoms with E-state index in [0.29, 0.717) is 25.3 Å². The van der Waals surface area contributed by atoms with Crippen LogP contribution in [0.5, 0.6) is 11.5 Å². The predicted octanol–water partition coefficient (Wildman–Crippen LogP) is 5.78. The van der Waals surface area contributed by atoms with Crippen LogP contribution in [0.2, 0.25) is 0 Å². The van der Waals surface area contributed by atoms with Crippen LogP contribution in [-0.4, -0.2) is 36.7 Å². The first-order chi connectivity index (χ1) is 17.5. The van der Waals surface area contributed by atoms with Crippen LogP contribution < -0.4 is 10.1 Å². The van der Waals surface area contributed by atoms with Crippen LogP contribution in [0.1, 0.15) is 49.0 Å². The molecule has 2 N–H and O–H groups in total. The highest BCUT2D eigenvalue weighted by atomic mass is 16.5. The minimum absolute atomic E-state index is 0.0644. The Morgan fingerprint density at radius 3 is 2.36 bits per heavy atom. The summed E-state index contributed by atoms with van der Waals surface area (Å²) in [4.78, 5) is 24.7. The monoisotopic (exact) mass is 489 g/mol. The second-order valence-electron chi connectivity index (χ2n) is 8.64. The molecule has 0 fully saturated rings. The first kappa shape index (κ1) is 26.8. The number of hydrogen-bond donors (Lipinski definition) is 2. The molecular weight excluding hydrogens is 454 g/mol. The fourth-order valence-electron chi connectivity index (χ4n) is 3.98. The van der Waals surface area contributed by atoms with E-state index in [1.54, 1.807) is 12.1 Å². The van der Waals surface area contributed by atoms with E-state index in [1.165, 1.54) is 0 Å². The van der Waals surface area contributed by atoms with Gasteiger partial charge >= 0.3 is 5.97 Å². The number of benzene rings is 3. The normalized spacial score (nSPS) is 11.5. The van der Waals surface area contributed by atoms with Gasteiger partial charge in [-0.3, -0.25) is 9.59 Å². The van der Waals surface area contributed by atoms with Crippen LogP contribution in [0.25, 0.3) is 11.1 Å². The number of phenolic OH excluding ortho intramolecular Hbond substituents is 1. The number of nitrogens with one attached hydrogen (secondary N) is 1. The lowest BCUT2D eigenvalue weighted by atomic mass is 9.94. The quantitative estimate of drug-likeness (QED) is 0.235. The van der Waals surface area contributed by atoms with Crippen molar-refractivity contribution in [2.75, 3.05) is 19.8 Å². The summed E-state index contributed by atoms with van der Waals surface area (Å²) in [6.45, 7) is 4.91. The number of carbonyl (C=O) groups is 2. The summed E-state index contributed by atoms with van der Waals surface area (Å²) >= 11 is 0. The first-order valence-electron chi connectivity index (χ1n) is 12.6. The van der Waals surface area contributed by atoms with E-state index in [-0.39, 0.29) is 35.7 Å². The second kappa shape index (κ2) is 13.9. The molecule has 0 aliphatic heterocycles. The number of ether oxygens (including phenoxy) is 2. The zero-order valence-electron chi connectivity index (χ0n) is 21.0. The van der Waals surface area contributed by atoms with Crippen LogP contribution in [0.4, 0.5) is 0 Å². The highest BCUT2D eigenvalue weighted by molar-refractivity contribution is 5.97. The van der Waals surface area contributed by atoms with Gasteiger partial charge in [0.1, 0.15) is 18.1 Å². The van der Waals surface area contributed by atoms with Crippen molar-refractivity contribution >= 4 is 11.9 Å². The van der Waals surface area contributed by atoms with Crippen molar-refractivity contribution in [2.45, 2.75) is 39.5 Å². The first-order valence-corrected chi connectivity index (χ1v) is 12.6. The molecule has 190 valence electrons. The molecule has 3 aromatic carbocycles. The van der Waals surface area contributed by atoms with Crippen molar-refractivity contribution in [1.82, 2.24) is 5.32 Å². The maximum absolute atomic E-state index is 12.5.